The Bertz CT molecular complexity index is 374. The molecule has 2 rings (SSSR count). The molecule has 0 radical (unpaired) electrons. The third-order valence-electron chi connectivity index (χ3n) is 4.56. The number of nitrogens with zero attached hydrogens (tertiary/aromatic N) is 1. The molecule has 2 heteroatoms. The molecule has 1 saturated heterocycles. The third-order valence-corrected chi connectivity index (χ3v) is 4.56. The first-order chi connectivity index (χ1) is 9.78. The van der Waals surface area contributed by atoms with Crippen molar-refractivity contribution in [1.82, 2.24) is 4.90 Å². The van der Waals surface area contributed by atoms with Crippen LogP contribution < -0.4 is 0 Å². The standard InChI is InChI=1S/C18H29NO/c1-2-16-8-6-14-19(15-16)13-5-3-4-7-17-9-11-18(20)12-10-17/h9-12,16,20H,2-8,13-15H2,1H3. The number of hydrogen-bond donors (Lipinski definition) is 1. The highest BCUT2D eigenvalue weighted by molar-refractivity contribution is 5.25. The first-order valence-corrected chi connectivity index (χ1v) is 8.28. The predicted octanol–water partition coefficient (Wildman–Crippen LogP) is 4.23. The first kappa shape index (κ1) is 15.4. The van der Waals surface area contributed by atoms with Crippen LogP contribution in [0.5, 0.6) is 5.75 Å². The molecule has 1 aliphatic heterocycles. The Kier molecular flexibility index (Phi) is 6.38. The average molecular weight is 275 g/mol. The number of likely N-dealkylation sites (tertiary alicyclic amines) is 1. The van der Waals surface area contributed by atoms with Crippen LogP contribution in [0.15, 0.2) is 24.3 Å². The minimum absolute atomic E-state index is 0.365. The summed E-state index contributed by atoms with van der Waals surface area (Å²) in [6, 6.07) is 7.64. The molecule has 112 valence electrons. The van der Waals surface area contributed by atoms with E-state index >= 15 is 0 Å². The van der Waals surface area contributed by atoms with Crippen molar-refractivity contribution >= 4 is 0 Å². The zero-order chi connectivity index (χ0) is 14.2. The molecule has 0 aliphatic carbocycles. The first-order valence-electron chi connectivity index (χ1n) is 8.28. The molecule has 0 bridgehead atoms. The van der Waals surface area contributed by atoms with Crippen molar-refractivity contribution in [3.8, 4) is 5.75 Å². The zero-order valence-electron chi connectivity index (χ0n) is 12.9. The second-order valence-electron chi connectivity index (χ2n) is 6.19. The van der Waals surface area contributed by atoms with E-state index in [9.17, 15) is 5.11 Å². The Morgan fingerprint density at radius 2 is 1.95 bits per heavy atom. The number of aromatic hydroxyl groups is 1. The number of phenolic OH excluding ortho intramolecular Hbond substituents is 1. The SMILES string of the molecule is CCC1CCCN(CCCCCc2ccc(O)cc2)C1. The second-order valence-corrected chi connectivity index (χ2v) is 6.19. The Morgan fingerprint density at radius 1 is 1.15 bits per heavy atom. The molecule has 1 unspecified atom stereocenters. The average Bonchev–Trinajstić information content (AvgIpc) is 2.49. The quantitative estimate of drug-likeness (QED) is 0.753. The number of rotatable bonds is 7. The largest absolute Gasteiger partial charge is 0.508 e. The van der Waals surface area contributed by atoms with Crippen LogP contribution in [0, 0.1) is 5.92 Å². The van der Waals surface area contributed by atoms with Crippen LogP contribution >= 0.6 is 0 Å². The van der Waals surface area contributed by atoms with E-state index in [1.54, 1.807) is 12.1 Å². The summed E-state index contributed by atoms with van der Waals surface area (Å²) in [6.07, 6.45) is 9.22. The maximum absolute atomic E-state index is 9.25. The summed E-state index contributed by atoms with van der Waals surface area (Å²) < 4.78 is 0. The molecule has 0 amide bonds. The third kappa shape index (κ3) is 5.16. The van der Waals surface area contributed by atoms with Crippen LogP contribution in [0.2, 0.25) is 0 Å². The summed E-state index contributed by atoms with van der Waals surface area (Å²) in [5, 5.41) is 9.25. The van der Waals surface area contributed by atoms with Crippen molar-refractivity contribution in [2.75, 3.05) is 19.6 Å². The zero-order valence-corrected chi connectivity index (χ0v) is 12.9. The van der Waals surface area contributed by atoms with Crippen molar-refractivity contribution in [2.24, 2.45) is 5.92 Å². The molecule has 2 nitrogen and oxygen atoms in total. The molecule has 1 N–H and O–H groups in total. The van der Waals surface area contributed by atoms with E-state index in [-0.39, 0.29) is 0 Å². The van der Waals surface area contributed by atoms with E-state index in [0.29, 0.717) is 5.75 Å². The fourth-order valence-electron chi connectivity index (χ4n) is 3.19. The highest BCUT2D eigenvalue weighted by Crippen LogP contribution is 2.19. The van der Waals surface area contributed by atoms with Crippen LogP contribution in [0.3, 0.4) is 0 Å². The smallest absolute Gasteiger partial charge is 0.115 e. The molecule has 1 atom stereocenters. The Morgan fingerprint density at radius 3 is 2.70 bits per heavy atom. The number of phenols is 1. The van der Waals surface area contributed by atoms with Gasteiger partial charge in [-0.25, -0.2) is 0 Å². The number of aryl methyl sites for hydroxylation is 1. The van der Waals surface area contributed by atoms with Gasteiger partial charge in [0.1, 0.15) is 5.75 Å². The van der Waals surface area contributed by atoms with E-state index in [2.05, 4.69) is 11.8 Å². The van der Waals surface area contributed by atoms with E-state index in [1.165, 1.54) is 63.7 Å². The molecule has 1 fully saturated rings. The van der Waals surface area contributed by atoms with Gasteiger partial charge < -0.3 is 10.0 Å². The minimum atomic E-state index is 0.365. The van der Waals surface area contributed by atoms with Gasteiger partial charge in [0.25, 0.3) is 0 Å². The minimum Gasteiger partial charge on any atom is -0.508 e. The summed E-state index contributed by atoms with van der Waals surface area (Å²) >= 11 is 0. The van der Waals surface area contributed by atoms with Gasteiger partial charge in [-0.2, -0.15) is 0 Å². The van der Waals surface area contributed by atoms with E-state index < -0.39 is 0 Å². The van der Waals surface area contributed by atoms with E-state index in [0.717, 1.165) is 12.3 Å². The second kappa shape index (κ2) is 8.31. The summed E-state index contributed by atoms with van der Waals surface area (Å²) in [6.45, 7) is 6.25. The van der Waals surface area contributed by atoms with Gasteiger partial charge >= 0.3 is 0 Å². The molecule has 20 heavy (non-hydrogen) atoms. The normalized spacial score (nSPS) is 20.1. The summed E-state index contributed by atoms with van der Waals surface area (Å²) in [7, 11) is 0. The Hall–Kier alpha value is -1.02. The highest BCUT2D eigenvalue weighted by Gasteiger charge is 2.17. The van der Waals surface area contributed by atoms with Gasteiger partial charge in [-0.1, -0.05) is 31.9 Å². The maximum atomic E-state index is 9.25. The van der Waals surface area contributed by atoms with E-state index in [4.69, 9.17) is 0 Å². The lowest BCUT2D eigenvalue weighted by Crippen LogP contribution is -2.35. The summed E-state index contributed by atoms with van der Waals surface area (Å²) in [5.41, 5.74) is 1.34. The monoisotopic (exact) mass is 275 g/mol. The van der Waals surface area contributed by atoms with Gasteiger partial charge in [0, 0.05) is 6.54 Å². The van der Waals surface area contributed by atoms with Crippen molar-refractivity contribution in [3.05, 3.63) is 29.8 Å². The number of hydrogen-bond acceptors (Lipinski definition) is 2. The molecule has 1 aromatic rings. The number of piperidine rings is 1. The van der Waals surface area contributed by atoms with Gasteiger partial charge in [0.2, 0.25) is 0 Å². The molecule has 1 aromatic carbocycles. The van der Waals surface area contributed by atoms with Crippen LogP contribution in [0.1, 0.15) is 51.0 Å². The lowest BCUT2D eigenvalue weighted by molar-refractivity contribution is 0.169. The topological polar surface area (TPSA) is 23.5 Å². The van der Waals surface area contributed by atoms with Gasteiger partial charge in [0.15, 0.2) is 0 Å². The molecular weight excluding hydrogens is 246 g/mol. The number of benzene rings is 1. The fraction of sp³-hybridized carbons (Fsp3) is 0.667. The molecule has 0 saturated carbocycles. The lowest BCUT2D eigenvalue weighted by Gasteiger charge is -2.32. The Balaban J connectivity index is 1.56. The number of unbranched alkanes of at least 4 members (excludes halogenated alkanes) is 2. The van der Waals surface area contributed by atoms with Crippen molar-refractivity contribution in [3.63, 3.8) is 0 Å². The van der Waals surface area contributed by atoms with Crippen molar-refractivity contribution < 1.29 is 5.11 Å². The van der Waals surface area contributed by atoms with Gasteiger partial charge in [0.05, 0.1) is 0 Å². The van der Waals surface area contributed by atoms with Crippen LogP contribution in [-0.4, -0.2) is 29.6 Å². The maximum Gasteiger partial charge on any atom is 0.115 e. The lowest BCUT2D eigenvalue weighted by atomic mass is 9.95. The van der Waals surface area contributed by atoms with Gasteiger partial charge in [-0.05, 0) is 68.8 Å². The molecule has 0 aromatic heterocycles. The van der Waals surface area contributed by atoms with Crippen LogP contribution in [0.4, 0.5) is 0 Å². The fourth-order valence-corrected chi connectivity index (χ4v) is 3.19. The Labute approximate surface area is 123 Å². The van der Waals surface area contributed by atoms with Gasteiger partial charge in [-0.3, -0.25) is 0 Å². The molecule has 0 spiro atoms. The van der Waals surface area contributed by atoms with Crippen LogP contribution in [0.25, 0.3) is 0 Å². The summed E-state index contributed by atoms with van der Waals surface area (Å²) in [4.78, 5) is 2.66. The highest BCUT2D eigenvalue weighted by atomic mass is 16.3. The van der Waals surface area contributed by atoms with Gasteiger partial charge in [-0.15, -0.1) is 0 Å². The van der Waals surface area contributed by atoms with Crippen LogP contribution in [-0.2, 0) is 6.42 Å². The van der Waals surface area contributed by atoms with Crippen molar-refractivity contribution in [2.45, 2.75) is 51.9 Å². The molecule has 1 aliphatic rings. The predicted molar refractivity (Wildman–Crippen MR) is 85.1 cm³/mol. The van der Waals surface area contributed by atoms with E-state index in [1.807, 2.05) is 12.1 Å². The molecular formula is C18H29NO. The van der Waals surface area contributed by atoms with Crippen molar-refractivity contribution in [1.29, 1.82) is 0 Å². The summed E-state index contributed by atoms with van der Waals surface area (Å²) in [5.74, 6) is 1.31. The molecule has 1 heterocycles.